The van der Waals surface area contributed by atoms with E-state index in [-0.39, 0.29) is 23.5 Å². The van der Waals surface area contributed by atoms with Crippen LogP contribution in [0.15, 0.2) is 53.9 Å². The van der Waals surface area contributed by atoms with Crippen molar-refractivity contribution in [3.63, 3.8) is 0 Å². The molecule has 0 unspecified atom stereocenters. The van der Waals surface area contributed by atoms with Gasteiger partial charge < -0.3 is 0 Å². The van der Waals surface area contributed by atoms with E-state index in [4.69, 9.17) is 0 Å². The fourth-order valence-electron chi connectivity index (χ4n) is 2.94. The molecule has 0 radical (unpaired) electrons. The van der Waals surface area contributed by atoms with E-state index in [0.717, 1.165) is 11.6 Å². The minimum Gasteiger partial charge on any atom is -0.298 e. The summed E-state index contributed by atoms with van der Waals surface area (Å²) in [6, 6.07) is 6.56. The molecule has 0 bridgehead atoms. The van der Waals surface area contributed by atoms with Crippen molar-refractivity contribution in [3.8, 4) is 0 Å². The van der Waals surface area contributed by atoms with Gasteiger partial charge in [0.1, 0.15) is 5.82 Å². The molecular formula is C20H16F4N2O. The Morgan fingerprint density at radius 3 is 2.41 bits per heavy atom. The van der Waals surface area contributed by atoms with Crippen molar-refractivity contribution in [1.29, 1.82) is 0 Å². The molecule has 1 aliphatic rings. The maximum atomic E-state index is 14.3. The lowest BCUT2D eigenvalue weighted by atomic mass is 9.94. The summed E-state index contributed by atoms with van der Waals surface area (Å²) < 4.78 is 53.0. The molecule has 0 spiro atoms. The topological polar surface area (TPSA) is 33.2 Å². The number of Topliss-reactive ketones (excluding diaryl/α,β-unsaturated/α-hetero) is 1. The third kappa shape index (κ3) is 4.31. The van der Waals surface area contributed by atoms with Crippen molar-refractivity contribution in [3.05, 3.63) is 76.4 Å². The second-order valence-electron chi connectivity index (χ2n) is 6.33. The first kappa shape index (κ1) is 19.0. The van der Waals surface area contributed by atoms with E-state index >= 15 is 0 Å². The van der Waals surface area contributed by atoms with Crippen LogP contribution in [-0.4, -0.2) is 35.8 Å². The van der Waals surface area contributed by atoms with Gasteiger partial charge in [-0.2, -0.15) is 13.2 Å². The summed E-state index contributed by atoms with van der Waals surface area (Å²) in [6.45, 7) is 0.606. The van der Waals surface area contributed by atoms with E-state index in [1.54, 1.807) is 37.7 Å². The first-order valence-electron chi connectivity index (χ1n) is 8.16. The first-order chi connectivity index (χ1) is 12.8. The maximum Gasteiger partial charge on any atom is 0.419 e. The summed E-state index contributed by atoms with van der Waals surface area (Å²) in [4.78, 5) is 18.6. The van der Waals surface area contributed by atoms with Crippen molar-refractivity contribution in [2.24, 2.45) is 0 Å². The quantitative estimate of drug-likeness (QED) is 0.581. The fraction of sp³-hybridized carbons (Fsp3) is 0.200. The number of rotatable bonds is 2. The molecule has 0 saturated carbocycles. The molecule has 27 heavy (non-hydrogen) atoms. The molecule has 7 heteroatoms. The van der Waals surface area contributed by atoms with Gasteiger partial charge in [-0.05, 0) is 36.9 Å². The number of ketones is 1. The van der Waals surface area contributed by atoms with Crippen LogP contribution < -0.4 is 0 Å². The fourth-order valence-corrected chi connectivity index (χ4v) is 2.94. The number of pyridine rings is 1. The molecule has 3 rings (SSSR count). The van der Waals surface area contributed by atoms with Crippen LogP contribution in [0.1, 0.15) is 16.7 Å². The van der Waals surface area contributed by atoms with Gasteiger partial charge in [0.15, 0.2) is 5.78 Å². The zero-order chi connectivity index (χ0) is 19.6. The van der Waals surface area contributed by atoms with Gasteiger partial charge in [0.25, 0.3) is 0 Å². The minimum atomic E-state index is -4.79. The molecule has 1 saturated heterocycles. The number of likely N-dealkylation sites (tertiary alicyclic amines) is 1. The van der Waals surface area contributed by atoms with Crippen LogP contribution in [0.2, 0.25) is 0 Å². The summed E-state index contributed by atoms with van der Waals surface area (Å²) in [5.41, 5.74) is -0.169. The van der Waals surface area contributed by atoms with Gasteiger partial charge in [-0.3, -0.25) is 14.7 Å². The Labute approximate surface area is 153 Å². The number of likely N-dealkylation sites (N-methyl/N-ethyl adjacent to an activating group) is 1. The third-order valence-corrected chi connectivity index (χ3v) is 4.15. The molecular weight excluding hydrogens is 360 g/mol. The van der Waals surface area contributed by atoms with Crippen molar-refractivity contribution in [2.45, 2.75) is 6.18 Å². The number of carbonyl (C=O) groups is 1. The number of nitrogens with zero attached hydrogens (tertiary/aromatic N) is 2. The summed E-state index contributed by atoms with van der Waals surface area (Å²) >= 11 is 0. The number of carbonyl (C=O) groups excluding carboxylic acids is 1. The predicted octanol–water partition coefficient (Wildman–Crippen LogP) is 4.22. The SMILES string of the molecule is CN1CC(=Cc2cccnc2)C(=O)/C(=C/c2cccc(C(F)(F)F)c2F)C1. The average molecular weight is 376 g/mol. The largest absolute Gasteiger partial charge is 0.419 e. The van der Waals surface area contributed by atoms with Gasteiger partial charge >= 0.3 is 6.18 Å². The molecule has 1 aliphatic heterocycles. The van der Waals surface area contributed by atoms with E-state index in [1.807, 2.05) is 4.90 Å². The van der Waals surface area contributed by atoms with E-state index in [9.17, 15) is 22.4 Å². The van der Waals surface area contributed by atoms with Crippen LogP contribution in [0.5, 0.6) is 0 Å². The normalized spacial score (nSPS) is 19.1. The zero-order valence-electron chi connectivity index (χ0n) is 14.4. The van der Waals surface area contributed by atoms with E-state index in [1.165, 1.54) is 12.1 Å². The van der Waals surface area contributed by atoms with Crippen LogP contribution in [0.4, 0.5) is 17.6 Å². The molecule has 0 N–H and O–H groups in total. The first-order valence-corrected chi connectivity index (χ1v) is 8.16. The second-order valence-corrected chi connectivity index (χ2v) is 6.33. The molecule has 1 aromatic carbocycles. The Morgan fingerprint density at radius 1 is 1.07 bits per heavy atom. The molecule has 1 fully saturated rings. The Hall–Kier alpha value is -2.80. The summed E-state index contributed by atoms with van der Waals surface area (Å²) in [5, 5.41) is 0. The average Bonchev–Trinajstić information content (AvgIpc) is 2.60. The lowest BCUT2D eigenvalue weighted by molar-refractivity contribution is -0.140. The number of benzene rings is 1. The standard InChI is InChI=1S/C20H16F4N2O/c1-26-11-15(8-13-4-3-7-25-10-13)19(27)16(12-26)9-14-5-2-6-17(18(14)21)20(22,23)24/h2-10H,11-12H2,1H3/b15-8?,16-9+. The van der Waals surface area contributed by atoms with Crippen molar-refractivity contribution in [1.82, 2.24) is 9.88 Å². The smallest absolute Gasteiger partial charge is 0.298 e. The van der Waals surface area contributed by atoms with Crippen molar-refractivity contribution < 1.29 is 22.4 Å². The minimum absolute atomic E-state index is 0.221. The molecule has 0 atom stereocenters. The van der Waals surface area contributed by atoms with Crippen LogP contribution in [0.3, 0.4) is 0 Å². The van der Waals surface area contributed by atoms with Gasteiger partial charge in [0.05, 0.1) is 5.56 Å². The van der Waals surface area contributed by atoms with Crippen LogP contribution in [0.25, 0.3) is 12.2 Å². The number of hydrogen-bond donors (Lipinski definition) is 0. The molecule has 2 heterocycles. The van der Waals surface area contributed by atoms with E-state index < -0.39 is 17.6 Å². The van der Waals surface area contributed by atoms with Gasteiger partial charge in [-0.1, -0.05) is 18.2 Å². The number of halogens is 4. The van der Waals surface area contributed by atoms with Crippen LogP contribution in [-0.2, 0) is 11.0 Å². The highest BCUT2D eigenvalue weighted by atomic mass is 19.4. The molecule has 0 amide bonds. The molecule has 140 valence electrons. The highest BCUT2D eigenvalue weighted by molar-refractivity contribution is 6.14. The predicted molar refractivity (Wildman–Crippen MR) is 94.1 cm³/mol. The van der Waals surface area contributed by atoms with Crippen molar-refractivity contribution >= 4 is 17.9 Å². The summed E-state index contributed by atoms with van der Waals surface area (Å²) in [7, 11) is 1.78. The molecule has 3 nitrogen and oxygen atoms in total. The number of aromatic nitrogens is 1. The molecule has 1 aromatic heterocycles. The van der Waals surface area contributed by atoms with Gasteiger partial charge in [0, 0.05) is 42.2 Å². The summed E-state index contributed by atoms with van der Waals surface area (Å²) in [6.07, 6.45) is 1.29. The van der Waals surface area contributed by atoms with Crippen molar-refractivity contribution in [2.75, 3.05) is 20.1 Å². The maximum absolute atomic E-state index is 14.3. The van der Waals surface area contributed by atoms with E-state index in [2.05, 4.69) is 4.98 Å². The van der Waals surface area contributed by atoms with Gasteiger partial charge in [0.2, 0.25) is 0 Å². The highest BCUT2D eigenvalue weighted by Crippen LogP contribution is 2.33. The Kier molecular flexibility index (Phi) is 5.23. The Balaban J connectivity index is 1.99. The van der Waals surface area contributed by atoms with E-state index in [0.29, 0.717) is 18.2 Å². The Bertz CT molecular complexity index is 917. The number of hydrogen-bond acceptors (Lipinski definition) is 3. The summed E-state index contributed by atoms with van der Waals surface area (Å²) in [5.74, 6) is -1.69. The second kappa shape index (κ2) is 7.44. The Morgan fingerprint density at radius 2 is 1.78 bits per heavy atom. The zero-order valence-corrected chi connectivity index (χ0v) is 14.4. The lowest BCUT2D eigenvalue weighted by Gasteiger charge is -2.26. The van der Waals surface area contributed by atoms with Gasteiger partial charge in [-0.25, -0.2) is 4.39 Å². The van der Waals surface area contributed by atoms with Crippen LogP contribution in [0, 0.1) is 5.82 Å². The number of piperidine rings is 1. The lowest BCUT2D eigenvalue weighted by Crippen LogP contribution is -2.34. The highest BCUT2D eigenvalue weighted by Gasteiger charge is 2.35. The number of alkyl halides is 3. The van der Waals surface area contributed by atoms with Gasteiger partial charge in [-0.15, -0.1) is 0 Å². The third-order valence-electron chi connectivity index (χ3n) is 4.15. The molecule has 2 aromatic rings. The monoisotopic (exact) mass is 376 g/mol. The molecule has 0 aliphatic carbocycles. The van der Waals surface area contributed by atoms with Crippen LogP contribution >= 0.6 is 0 Å².